The van der Waals surface area contributed by atoms with Crippen LogP contribution in [-0.2, 0) is 4.74 Å². The second-order valence-electron chi connectivity index (χ2n) is 6.76. The molecular formula is C20H38O. The Hall–Kier alpha value is -0.560. The van der Waals surface area contributed by atoms with Crippen LogP contribution in [0.2, 0.25) is 0 Å². The summed E-state index contributed by atoms with van der Waals surface area (Å²) in [4.78, 5) is 0. The van der Waals surface area contributed by atoms with Crippen molar-refractivity contribution < 1.29 is 4.74 Å². The fourth-order valence-corrected chi connectivity index (χ4v) is 2.73. The molecule has 2 unspecified atom stereocenters. The molecule has 1 heteroatoms. The lowest BCUT2D eigenvalue weighted by Crippen LogP contribution is -2.38. The minimum atomic E-state index is -0.235. The normalized spacial score (nSPS) is 17.0. The van der Waals surface area contributed by atoms with Gasteiger partial charge in [-0.15, -0.1) is 13.2 Å². The van der Waals surface area contributed by atoms with Gasteiger partial charge in [0.1, 0.15) is 0 Å². The molecule has 0 aliphatic heterocycles. The fourth-order valence-electron chi connectivity index (χ4n) is 2.73. The van der Waals surface area contributed by atoms with E-state index in [0.717, 1.165) is 12.8 Å². The van der Waals surface area contributed by atoms with Crippen molar-refractivity contribution in [3.05, 3.63) is 25.3 Å². The van der Waals surface area contributed by atoms with E-state index in [-0.39, 0.29) is 11.2 Å². The molecular weight excluding hydrogens is 256 g/mol. The van der Waals surface area contributed by atoms with Crippen LogP contribution in [0.3, 0.4) is 0 Å². The van der Waals surface area contributed by atoms with Crippen molar-refractivity contribution in [2.75, 3.05) is 0 Å². The van der Waals surface area contributed by atoms with E-state index >= 15 is 0 Å². The van der Waals surface area contributed by atoms with Gasteiger partial charge in [0.15, 0.2) is 0 Å². The Morgan fingerprint density at radius 2 is 1.10 bits per heavy atom. The maximum atomic E-state index is 6.45. The van der Waals surface area contributed by atoms with Gasteiger partial charge in [-0.2, -0.15) is 0 Å². The number of hydrogen-bond acceptors (Lipinski definition) is 1. The highest BCUT2D eigenvalue weighted by molar-refractivity contribution is 5.01. The summed E-state index contributed by atoms with van der Waals surface area (Å²) in [5, 5.41) is 0. The van der Waals surface area contributed by atoms with Crippen LogP contribution in [0.5, 0.6) is 0 Å². The van der Waals surface area contributed by atoms with E-state index in [0.29, 0.717) is 0 Å². The fraction of sp³-hybridized carbons (Fsp3) is 0.800. The van der Waals surface area contributed by atoms with E-state index in [1.54, 1.807) is 0 Å². The van der Waals surface area contributed by atoms with Gasteiger partial charge >= 0.3 is 0 Å². The first-order chi connectivity index (χ1) is 9.95. The van der Waals surface area contributed by atoms with Crippen molar-refractivity contribution >= 4 is 0 Å². The molecule has 0 aliphatic carbocycles. The maximum absolute atomic E-state index is 6.45. The van der Waals surface area contributed by atoms with Crippen molar-refractivity contribution in [1.82, 2.24) is 0 Å². The molecule has 0 spiro atoms. The predicted octanol–water partition coefficient (Wildman–Crippen LogP) is 6.83. The molecule has 0 amide bonds. The van der Waals surface area contributed by atoms with E-state index in [1.807, 2.05) is 12.2 Å². The summed E-state index contributed by atoms with van der Waals surface area (Å²) in [6, 6.07) is 0. The third-order valence-electron chi connectivity index (χ3n) is 4.38. The van der Waals surface area contributed by atoms with Crippen molar-refractivity contribution in [3.63, 3.8) is 0 Å². The van der Waals surface area contributed by atoms with Crippen LogP contribution in [0.25, 0.3) is 0 Å². The van der Waals surface area contributed by atoms with Crippen molar-refractivity contribution in [1.29, 1.82) is 0 Å². The van der Waals surface area contributed by atoms with Crippen molar-refractivity contribution in [2.45, 2.75) is 103 Å². The molecule has 0 rings (SSSR count). The van der Waals surface area contributed by atoms with Gasteiger partial charge < -0.3 is 4.74 Å². The predicted molar refractivity (Wildman–Crippen MR) is 95.8 cm³/mol. The topological polar surface area (TPSA) is 9.23 Å². The highest BCUT2D eigenvalue weighted by Crippen LogP contribution is 2.31. The average Bonchev–Trinajstić information content (AvgIpc) is 2.48. The van der Waals surface area contributed by atoms with Gasteiger partial charge in [-0.3, -0.25) is 0 Å². The first-order valence-corrected chi connectivity index (χ1v) is 8.92. The quantitative estimate of drug-likeness (QED) is 0.252. The van der Waals surface area contributed by atoms with Crippen LogP contribution < -0.4 is 0 Å². The third-order valence-corrected chi connectivity index (χ3v) is 4.38. The highest BCUT2D eigenvalue weighted by Gasteiger charge is 2.31. The minimum absolute atomic E-state index is 0.235. The summed E-state index contributed by atoms with van der Waals surface area (Å²) >= 11 is 0. The van der Waals surface area contributed by atoms with E-state index in [4.69, 9.17) is 4.74 Å². The second-order valence-corrected chi connectivity index (χ2v) is 6.76. The Morgan fingerprint density at radius 3 is 1.38 bits per heavy atom. The Bertz CT molecular complexity index is 256. The standard InChI is InChI=1S/C20H38O/c1-7-11-13-15-17-19(5,9-3)21-20(6,10-4)18-16-14-12-8-2/h9-10H,3-4,7-8,11-18H2,1-2,5-6H3. The SMILES string of the molecule is C=CC(C)(CCCCCC)OC(C)(C=C)CCCCCC. The monoisotopic (exact) mass is 294 g/mol. The molecule has 0 saturated carbocycles. The molecule has 0 aromatic rings. The smallest absolute Gasteiger partial charge is 0.0843 e. The Kier molecular flexibility index (Phi) is 10.8. The van der Waals surface area contributed by atoms with Crippen LogP contribution >= 0.6 is 0 Å². The molecule has 0 aromatic heterocycles. The second kappa shape index (κ2) is 11.1. The zero-order valence-corrected chi connectivity index (χ0v) is 15.0. The summed E-state index contributed by atoms with van der Waals surface area (Å²) < 4.78 is 6.45. The van der Waals surface area contributed by atoms with Gasteiger partial charge in [0.2, 0.25) is 0 Å². The Balaban J connectivity index is 4.42. The third kappa shape index (κ3) is 9.14. The lowest BCUT2D eigenvalue weighted by Gasteiger charge is -2.37. The van der Waals surface area contributed by atoms with Crippen LogP contribution in [0.1, 0.15) is 91.9 Å². The zero-order chi connectivity index (χ0) is 16.2. The number of unbranched alkanes of at least 4 members (excludes halogenated alkanes) is 6. The zero-order valence-electron chi connectivity index (χ0n) is 15.0. The maximum Gasteiger partial charge on any atom is 0.0843 e. The molecule has 21 heavy (non-hydrogen) atoms. The minimum Gasteiger partial charge on any atom is -0.361 e. The van der Waals surface area contributed by atoms with Gasteiger partial charge in [0.05, 0.1) is 11.2 Å². The molecule has 0 heterocycles. The molecule has 0 aromatic carbocycles. The summed E-state index contributed by atoms with van der Waals surface area (Å²) in [5.41, 5.74) is -0.469. The van der Waals surface area contributed by atoms with E-state index < -0.39 is 0 Å². The summed E-state index contributed by atoms with van der Waals surface area (Å²) in [6.07, 6.45) is 16.2. The number of rotatable bonds is 14. The molecule has 0 aliphatic rings. The largest absolute Gasteiger partial charge is 0.361 e. The lowest BCUT2D eigenvalue weighted by molar-refractivity contribution is -0.0976. The van der Waals surface area contributed by atoms with Crippen molar-refractivity contribution in [3.8, 4) is 0 Å². The number of ether oxygens (including phenoxy) is 1. The molecule has 1 nitrogen and oxygen atoms in total. The summed E-state index contributed by atoms with van der Waals surface area (Å²) in [7, 11) is 0. The first-order valence-electron chi connectivity index (χ1n) is 8.92. The van der Waals surface area contributed by atoms with Gasteiger partial charge in [-0.05, 0) is 26.7 Å². The molecule has 0 saturated heterocycles. The van der Waals surface area contributed by atoms with E-state index in [1.165, 1.54) is 51.4 Å². The highest BCUT2D eigenvalue weighted by atomic mass is 16.5. The molecule has 0 radical (unpaired) electrons. The molecule has 0 N–H and O–H groups in total. The Morgan fingerprint density at radius 1 is 0.714 bits per heavy atom. The Labute approximate surface area is 133 Å². The van der Waals surface area contributed by atoms with Crippen molar-refractivity contribution in [2.24, 2.45) is 0 Å². The van der Waals surface area contributed by atoms with Gasteiger partial charge in [-0.1, -0.05) is 77.4 Å². The van der Waals surface area contributed by atoms with Gasteiger partial charge in [0.25, 0.3) is 0 Å². The molecule has 0 fully saturated rings. The van der Waals surface area contributed by atoms with Crippen LogP contribution in [0.4, 0.5) is 0 Å². The van der Waals surface area contributed by atoms with E-state index in [9.17, 15) is 0 Å². The average molecular weight is 295 g/mol. The van der Waals surface area contributed by atoms with E-state index in [2.05, 4.69) is 40.9 Å². The summed E-state index contributed by atoms with van der Waals surface area (Å²) in [6.45, 7) is 16.8. The summed E-state index contributed by atoms with van der Waals surface area (Å²) in [5.74, 6) is 0. The van der Waals surface area contributed by atoms with Crippen LogP contribution in [0, 0.1) is 0 Å². The molecule has 124 valence electrons. The first kappa shape index (κ1) is 20.4. The van der Waals surface area contributed by atoms with Gasteiger partial charge in [-0.25, -0.2) is 0 Å². The number of hydrogen-bond donors (Lipinski definition) is 0. The van der Waals surface area contributed by atoms with Crippen LogP contribution in [-0.4, -0.2) is 11.2 Å². The van der Waals surface area contributed by atoms with Crippen LogP contribution in [0.15, 0.2) is 25.3 Å². The molecule has 0 bridgehead atoms. The van der Waals surface area contributed by atoms with Gasteiger partial charge in [0, 0.05) is 0 Å². The lowest BCUT2D eigenvalue weighted by atomic mass is 9.93. The molecule has 2 atom stereocenters.